The first-order chi connectivity index (χ1) is 15.9. The summed E-state index contributed by atoms with van der Waals surface area (Å²) < 4.78 is 13.3. The number of hydrogen-bond acceptors (Lipinski definition) is 3. The number of anilines is 1. The number of carbonyl (C=O) groups excluding carboxylic acids is 2. The Labute approximate surface area is 189 Å². The number of aromatic amines is 1. The molecule has 0 radical (unpaired) electrons. The summed E-state index contributed by atoms with van der Waals surface area (Å²) in [6.07, 6.45) is 3.69. The molecule has 5 rings (SSSR count). The number of H-pyrrole nitrogens is 1. The number of benzene rings is 2. The van der Waals surface area contributed by atoms with Gasteiger partial charge in [-0.1, -0.05) is 18.2 Å². The van der Waals surface area contributed by atoms with Crippen molar-refractivity contribution < 1.29 is 23.9 Å². The molecule has 1 aliphatic carbocycles. The minimum Gasteiger partial charge on any atom is -0.481 e. The monoisotopic (exact) mass is 444 g/mol. The van der Waals surface area contributed by atoms with E-state index < -0.39 is 5.97 Å². The lowest BCUT2D eigenvalue weighted by Gasteiger charge is -2.11. The van der Waals surface area contributed by atoms with Gasteiger partial charge in [-0.2, -0.15) is 0 Å². The Morgan fingerprint density at radius 1 is 1.06 bits per heavy atom. The molecular formula is C26H21FN2O4. The number of carboxylic acids is 1. The van der Waals surface area contributed by atoms with E-state index in [0.717, 1.165) is 23.2 Å². The average molecular weight is 444 g/mol. The van der Waals surface area contributed by atoms with Crippen molar-refractivity contribution in [2.24, 2.45) is 0 Å². The molecule has 0 bridgehead atoms. The molecule has 33 heavy (non-hydrogen) atoms. The molecule has 166 valence electrons. The Morgan fingerprint density at radius 2 is 1.82 bits per heavy atom. The Bertz CT molecular complexity index is 1340. The molecule has 0 saturated heterocycles. The molecule has 1 amide bonds. The van der Waals surface area contributed by atoms with Crippen LogP contribution in [-0.4, -0.2) is 27.8 Å². The van der Waals surface area contributed by atoms with E-state index in [2.05, 4.69) is 10.3 Å². The van der Waals surface area contributed by atoms with Crippen molar-refractivity contribution in [3.05, 3.63) is 76.4 Å². The van der Waals surface area contributed by atoms with E-state index in [0.29, 0.717) is 46.5 Å². The maximum absolute atomic E-state index is 13.3. The number of ketones is 1. The van der Waals surface area contributed by atoms with Crippen molar-refractivity contribution >= 4 is 35.0 Å². The lowest BCUT2D eigenvalue weighted by molar-refractivity contribution is -0.137. The van der Waals surface area contributed by atoms with Gasteiger partial charge < -0.3 is 15.4 Å². The molecule has 0 unspecified atom stereocenters. The second-order valence-electron chi connectivity index (χ2n) is 8.32. The van der Waals surface area contributed by atoms with E-state index in [4.69, 9.17) is 0 Å². The van der Waals surface area contributed by atoms with Crippen LogP contribution in [0, 0.1) is 5.82 Å². The van der Waals surface area contributed by atoms with Crippen molar-refractivity contribution in [3.63, 3.8) is 0 Å². The zero-order chi connectivity index (χ0) is 23.1. The fourth-order valence-electron chi connectivity index (χ4n) is 4.60. The molecule has 0 fully saturated rings. The predicted octanol–water partition coefficient (Wildman–Crippen LogP) is 4.85. The first-order valence-corrected chi connectivity index (χ1v) is 10.8. The lowest BCUT2D eigenvalue weighted by atomic mass is 9.91. The molecule has 2 aliphatic rings. The van der Waals surface area contributed by atoms with E-state index >= 15 is 0 Å². The number of carboxylic acid groups (broad SMARTS) is 1. The summed E-state index contributed by atoms with van der Waals surface area (Å²) in [6, 6.07) is 11.7. The van der Waals surface area contributed by atoms with Crippen LogP contribution in [0.5, 0.6) is 0 Å². The van der Waals surface area contributed by atoms with Crippen molar-refractivity contribution in [1.82, 2.24) is 4.98 Å². The highest BCUT2D eigenvalue weighted by atomic mass is 19.1. The van der Waals surface area contributed by atoms with Gasteiger partial charge in [0.15, 0.2) is 5.78 Å². The zero-order valence-electron chi connectivity index (χ0n) is 17.7. The van der Waals surface area contributed by atoms with Gasteiger partial charge in [0.1, 0.15) is 5.82 Å². The van der Waals surface area contributed by atoms with Gasteiger partial charge in [-0.15, -0.1) is 0 Å². The Kier molecular flexibility index (Phi) is 5.17. The van der Waals surface area contributed by atoms with E-state index in [-0.39, 0.29) is 30.3 Å². The minimum atomic E-state index is -0.945. The number of hydrogen-bond donors (Lipinski definition) is 3. The largest absolute Gasteiger partial charge is 0.481 e. The molecule has 1 aliphatic heterocycles. The average Bonchev–Trinajstić information content (AvgIpc) is 3.30. The van der Waals surface area contributed by atoms with E-state index in [1.165, 1.54) is 12.1 Å². The number of rotatable bonds is 5. The van der Waals surface area contributed by atoms with Crippen LogP contribution in [0.3, 0.4) is 0 Å². The van der Waals surface area contributed by atoms with Crippen LogP contribution in [0.15, 0.2) is 42.5 Å². The Morgan fingerprint density at radius 3 is 2.58 bits per heavy atom. The second kappa shape index (κ2) is 8.16. The fraction of sp³-hybridized carbons (Fsp3) is 0.192. The quantitative estimate of drug-likeness (QED) is 0.490. The van der Waals surface area contributed by atoms with Gasteiger partial charge in [-0.05, 0) is 66.3 Å². The van der Waals surface area contributed by atoms with E-state index in [1.807, 2.05) is 12.1 Å². The smallest absolute Gasteiger partial charge is 0.303 e. The fourth-order valence-corrected chi connectivity index (χ4v) is 4.60. The van der Waals surface area contributed by atoms with Gasteiger partial charge in [0.2, 0.25) is 0 Å². The lowest BCUT2D eigenvalue weighted by Crippen LogP contribution is -2.11. The number of amides is 1. The molecular weight excluding hydrogens is 423 g/mol. The third-order valence-electron chi connectivity index (χ3n) is 6.18. The van der Waals surface area contributed by atoms with Crippen molar-refractivity contribution in [3.8, 4) is 11.1 Å². The summed E-state index contributed by atoms with van der Waals surface area (Å²) >= 11 is 0. The summed E-state index contributed by atoms with van der Waals surface area (Å²) in [5, 5.41) is 12.0. The molecule has 0 saturated carbocycles. The molecule has 3 N–H and O–H groups in total. The summed E-state index contributed by atoms with van der Waals surface area (Å²) in [4.78, 5) is 39.9. The number of aromatic nitrogens is 1. The molecule has 2 aromatic carbocycles. The maximum atomic E-state index is 13.3. The number of aryl methyl sites for hydroxylation is 1. The van der Waals surface area contributed by atoms with Gasteiger partial charge in [-0.3, -0.25) is 14.4 Å². The predicted molar refractivity (Wildman–Crippen MR) is 122 cm³/mol. The minimum absolute atomic E-state index is 0.00686. The van der Waals surface area contributed by atoms with Crippen LogP contribution in [0.25, 0.3) is 22.8 Å². The van der Waals surface area contributed by atoms with Gasteiger partial charge in [0.25, 0.3) is 5.91 Å². The van der Waals surface area contributed by atoms with Gasteiger partial charge >= 0.3 is 5.97 Å². The van der Waals surface area contributed by atoms with Crippen molar-refractivity contribution in [1.29, 1.82) is 0 Å². The van der Waals surface area contributed by atoms with E-state index in [9.17, 15) is 23.9 Å². The first kappa shape index (κ1) is 20.9. The maximum Gasteiger partial charge on any atom is 0.303 e. The number of Topliss-reactive ketones (excluding diaryl/α,β-unsaturated/α-hetero) is 1. The highest BCUT2D eigenvalue weighted by Gasteiger charge is 2.29. The van der Waals surface area contributed by atoms with Crippen LogP contribution in [0.1, 0.15) is 52.1 Å². The Balaban J connectivity index is 1.60. The van der Waals surface area contributed by atoms with Gasteiger partial charge in [0.05, 0.1) is 5.57 Å². The van der Waals surface area contributed by atoms with Crippen molar-refractivity contribution in [2.45, 2.75) is 32.1 Å². The number of nitrogens with one attached hydrogen (secondary N) is 2. The number of aliphatic carboxylic acids is 1. The third-order valence-corrected chi connectivity index (χ3v) is 6.18. The molecule has 7 heteroatoms. The van der Waals surface area contributed by atoms with Crippen LogP contribution in [-0.2, 0) is 22.4 Å². The molecule has 0 atom stereocenters. The van der Waals surface area contributed by atoms with Crippen LogP contribution in [0.4, 0.5) is 10.1 Å². The second-order valence-corrected chi connectivity index (χ2v) is 8.32. The number of halogens is 1. The molecule has 0 spiro atoms. The van der Waals surface area contributed by atoms with E-state index in [1.54, 1.807) is 24.3 Å². The third kappa shape index (κ3) is 3.86. The normalized spacial score (nSPS) is 16.0. The first-order valence-electron chi connectivity index (χ1n) is 10.8. The number of fused-ring (bicyclic) bond motifs is 2. The number of carbonyl (C=O) groups is 3. The highest BCUT2D eigenvalue weighted by Crippen LogP contribution is 2.38. The van der Waals surface area contributed by atoms with Crippen LogP contribution in [0.2, 0.25) is 0 Å². The summed E-state index contributed by atoms with van der Waals surface area (Å²) in [5.41, 5.74) is 6.08. The Hall–Kier alpha value is -4.00. The molecule has 3 aromatic rings. The van der Waals surface area contributed by atoms with Crippen LogP contribution < -0.4 is 5.32 Å². The zero-order valence-corrected chi connectivity index (χ0v) is 17.7. The molecule has 1 aromatic heterocycles. The molecule has 6 nitrogen and oxygen atoms in total. The van der Waals surface area contributed by atoms with Gasteiger partial charge in [-0.25, -0.2) is 4.39 Å². The SMILES string of the molecule is O=C(O)CCc1c(C=C2C(=O)Nc3ccc(-c4ccc(F)cc4)cc32)[nH]c2c1C(=O)CCC2. The highest BCUT2D eigenvalue weighted by molar-refractivity contribution is 6.35. The molecule has 2 heterocycles. The topological polar surface area (TPSA) is 99.3 Å². The van der Waals surface area contributed by atoms with Gasteiger partial charge in [0, 0.05) is 41.0 Å². The van der Waals surface area contributed by atoms with Crippen LogP contribution >= 0.6 is 0 Å². The standard InChI is InChI=1S/C26H21FN2O4/c27-16-7-4-14(5-8-16)15-6-10-20-18(12-15)19(26(33)29-20)13-22-17(9-11-24(31)32)25-21(28-22)2-1-3-23(25)30/h4-8,10,12-13,28H,1-3,9,11H2,(H,29,33)(H,31,32). The summed E-state index contributed by atoms with van der Waals surface area (Å²) in [5.74, 6) is -1.53. The summed E-state index contributed by atoms with van der Waals surface area (Å²) in [6.45, 7) is 0. The summed E-state index contributed by atoms with van der Waals surface area (Å²) in [7, 11) is 0. The van der Waals surface area contributed by atoms with Crippen molar-refractivity contribution in [2.75, 3.05) is 5.32 Å².